The quantitative estimate of drug-likeness (QED) is 0.688. The van der Waals surface area contributed by atoms with Crippen molar-refractivity contribution in [3.63, 3.8) is 0 Å². The Morgan fingerprint density at radius 2 is 1.79 bits per heavy atom. The van der Waals surface area contributed by atoms with Gasteiger partial charge in [-0.05, 0) is 5.92 Å². The third-order valence-corrected chi connectivity index (χ3v) is 1.62. The van der Waals surface area contributed by atoms with Gasteiger partial charge in [0.05, 0.1) is 7.11 Å². The third kappa shape index (κ3) is 3.68. The number of rotatable bonds is 4. The Bertz CT molecular complexity index is 219. The van der Waals surface area contributed by atoms with E-state index in [0.29, 0.717) is 0 Å². The molecular formula is C8H13F2NO3. The van der Waals surface area contributed by atoms with Gasteiger partial charge in [-0.15, -0.1) is 0 Å². The summed E-state index contributed by atoms with van der Waals surface area (Å²) in [6, 6.07) is -1.03. The van der Waals surface area contributed by atoms with Crippen LogP contribution in [0.4, 0.5) is 8.78 Å². The van der Waals surface area contributed by atoms with Gasteiger partial charge in [-0.1, -0.05) is 13.8 Å². The maximum Gasteiger partial charge on any atom is 0.328 e. The van der Waals surface area contributed by atoms with E-state index >= 15 is 0 Å². The van der Waals surface area contributed by atoms with Gasteiger partial charge in [0.25, 0.3) is 5.91 Å². The molecular weight excluding hydrogens is 196 g/mol. The predicted octanol–water partition coefficient (Wildman–Crippen LogP) is 0.565. The van der Waals surface area contributed by atoms with Gasteiger partial charge in [-0.25, -0.2) is 4.79 Å². The number of esters is 1. The summed E-state index contributed by atoms with van der Waals surface area (Å²) in [5.41, 5.74) is 0. The fourth-order valence-corrected chi connectivity index (χ4v) is 0.841. The van der Waals surface area contributed by atoms with Crippen molar-refractivity contribution in [2.45, 2.75) is 26.3 Å². The van der Waals surface area contributed by atoms with Crippen LogP contribution >= 0.6 is 0 Å². The Balaban J connectivity index is 4.38. The number of nitrogens with one attached hydrogen (secondary N) is 1. The average Bonchev–Trinajstić information content (AvgIpc) is 2.11. The number of methoxy groups -OCH3 is 1. The summed E-state index contributed by atoms with van der Waals surface area (Å²) in [4.78, 5) is 21.6. The molecule has 82 valence electrons. The average molecular weight is 209 g/mol. The molecule has 14 heavy (non-hydrogen) atoms. The van der Waals surface area contributed by atoms with Gasteiger partial charge < -0.3 is 10.1 Å². The lowest BCUT2D eigenvalue weighted by molar-refractivity contribution is -0.148. The van der Waals surface area contributed by atoms with Crippen molar-refractivity contribution in [3.05, 3.63) is 0 Å². The van der Waals surface area contributed by atoms with Gasteiger partial charge >= 0.3 is 12.4 Å². The zero-order chi connectivity index (χ0) is 11.3. The molecule has 0 bridgehead atoms. The molecule has 0 aliphatic rings. The molecule has 1 amide bonds. The van der Waals surface area contributed by atoms with E-state index in [4.69, 9.17) is 0 Å². The highest BCUT2D eigenvalue weighted by Gasteiger charge is 2.27. The Morgan fingerprint density at radius 1 is 1.29 bits per heavy atom. The summed E-state index contributed by atoms with van der Waals surface area (Å²) in [6.07, 6.45) is -3.12. The highest BCUT2D eigenvalue weighted by Crippen LogP contribution is 2.04. The molecule has 0 saturated heterocycles. The van der Waals surface area contributed by atoms with E-state index in [1.165, 1.54) is 0 Å². The summed E-state index contributed by atoms with van der Waals surface area (Å²) in [5, 5.41) is 1.90. The minimum atomic E-state index is -3.12. The van der Waals surface area contributed by atoms with Gasteiger partial charge in [0.15, 0.2) is 0 Å². The molecule has 1 atom stereocenters. The summed E-state index contributed by atoms with van der Waals surface area (Å²) >= 11 is 0. The first-order valence-corrected chi connectivity index (χ1v) is 4.06. The first-order chi connectivity index (χ1) is 6.40. The summed E-state index contributed by atoms with van der Waals surface area (Å²) < 4.78 is 28.1. The molecule has 0 fully saturated rings. The van der Waals surface area contributed by atoms with Crippen LogP contribution in [0, 0.1) is 5.92 Å². The molecule has 6 heteroatoms. The maximum absolute atomic E-state index is 11.9. The van der Waals surface area contributed by atoms with Crippen molar-refractivity contribution >= 4 is 11.9 Å². The van der Waals surface area contributed by atoms with Crippen LogP contribution in [0.2, 0.25) is 0 Å². The van der Waals surface area contributed by atoms with Crippen molar-refractivity contribution < 1.29 is 23.1 Å². The number of carbonyl (C=O) groups excluding carboxylic acids is 2. The molecule has 0 unspecified atom stereocenters. The molecule has 0 heterocycles. The van der Waals surface area contributed by atoms with Crippen molar-refractivity contribution in [2.24, 2.45) is 5.92 Å². The zero-order valence-electron chi connectivity index (χ0n) is 8.21. The lowest BCUT2D eigenvalue weighted by Crippen LogP contribution is -2.47. The van der Waals surface area contributed by atoms with Gasteiger partial charge in [0.1, 0.15) is 6.04 Å². The Labute approximate surface area is 80.6 Å². The fraction of sp³-hybridized carbons (Fsp3) is 0.750. The minimum Gasteiger partial charge on any atom is -0.467 e. The van der Waals surface area contributed by atoms with Crippen LogP contribution in [0.3, 0.4) is 0 Å². The number of alkyl halides is 2. The summed E-state index contributed by atoms with van der Waals surface area (Å²) in [5.74, 6) is -2.49. The Hall–Kier alpha value is -1.20. The lowest BCUT2D eigenvalue weighted by atomic mass is 10.0. The van der Waals surface area contributed by atoms with Gasteiger partial charge in [-0.2, -0.15) is 8.78 Å². The SMILES string of the molecule is COC(=O)[C@@H](NC(=O)C(F)F)C(C)C. The molecule has 0 aliphatic heterocycles. The van der Waals surface area contributed by atoms with E-state index in [1.54, 1.807) is 13.8 Å². The molecule has 0 saturated carbocycles. The number of ether oxygens (including phenoxy) is 1. The lowest BCUT2D eigenvalue weighted by Gasteiger charge is -2.19. The largest absolute Gasteiger partial charge is 0.467 e. The van der Waals surface area contributed by atoms with E-state index < -0.39 is 24.3 Å². The molecule has 0 aliphatic carbocycles. The molecule has 0 radical (unpaired) electrons. The van der Waals surface area contributed by atoms with Crippen molar-refractivity contribution in [1.29, 1.82) is 0 Å². The highest BCUT2D eigenvalue weighted by atomic mass is 19.3. The number of carbonyl (C=O) groups is 2. The first-order valence-electron chi connectivity index (χ1n) is 4.06. The van der Waals surface area contributed by atoms with Crippen LogP contribution in [0.15, 0.2) is 0 Å². The Kier molecular flexibility index (Phi) is 5.04. The summed E-state index contributed by atoms with van der Waals surface area (Å²) in [6.45, 7) is 3.24. The molecule has 1 N–H and O–H groups in total. The second-order valence-corrected chi connectivity index (χ2v) is 3.05. The maximum atomic E-state index is 11.9. The van der Waals surface area contributed by atoms with Crippen LogP contribution in [0.5, 0.6) is 0 Å². The molecule has 0 rings (SSSR count). The molecule has 0 aromatic heterocycles. The van der Waals surface area contributed by atoms with Crippen LogP contribution in [-0.2, 0) is 14.3 Å². The highest BCUT2D eigenvalue weighted by molar-refractivity contribution is 5.86. The van der Waals surface area contributed by atoms with Crippen molar-refractivity contribution in [3.8, 4) is 0 Å². The monoisotopic (exact) mass is 209 g/mol. The van der Waals surface area contributed by atoms with E-state index in [9.17, 15) is 18.4 Å². The number of hydrogen-bond acceptors (Lipinski definition) is 3. The number of amides is 1. The molecule has 0 aromatic rings. The normalized spacial score (nSPS) is 12.8. The minimum absolute atomic E-state index is 0.301. The van der Waals surface area contributed by atoms with Crippen LogP contribution in [-0.4, -0.2) is 31.5 Å². The van der Waals surface area contributed by atoms with E-state index in [-0.39, 0.29) is 5.92 Å². The van der Waals surface area contributed by atoms with Crippen LogP contribution < -0.4 is 5.32 Å². The smallest absolute Gasteiger partial charge is 0.328 e. The number of halogens is 2. The topological polar surface area (TPSA) is 55.4 Å². The zero-order valence-corrected chi connectivity index (χ0v) is 8.21. The van der Waals surface area contributed by atoms with Crippen LogP contribution in [0.1, 0.15) is 13.8 Å². The van der Waals surface area contributed by atoms with Gasteiger partial charge in [0.2, 0.25) is 0 Å². The molecule has 0 aromatic carbocycles. The van der Waals surface area contributed by atoms with Gasteiger partial charge in [-0.3, -0.25) is 4.79 Å². The first kappa shape index (κ1) is 12.8. The predicted molar refractivity (Wildman–Crippen MR) is 44.8 cm³/mol. The van der Waals surface area contributed by atoms with Crippen LogP contribution in [0.25, 0.3) is 0 Å². The molecule has 4 nitrogen and oxygen atoms in total. The van der Waals surface area contributed by atoms with Crippen molar-refractivity contribution in [2.75, 3.05) is 7.11 Å². The van der Waals surface area contributed by atoms with Gasteiger partial charge in [0, 0.05) is 0 Å². The van der Waals surface area contributed by atoms with E-state index in [0.717, 1.165) is 7.11 Å². The standard InChI is InChI=1S/C8H13F2NO3/c1-4(2)5(8(13)14-3)11-7(12)6(9)10/h4-6H,1-3H3,(H,11,12)/t5-/m0/s1. The second kappa shape index (κ2) is 5.51. The second-order valence-electron chi connectivity index (χ2n) is 3.05. The summed E-state index contributed by atoms with van der Waals surface area (Å²) in [7, 11) is 1.13. The third-order valence-electron chi connectivity index (χ3n) is 1.62. The molecule has 0 spiro atoms. The van der Waals surface area contributed by atoms with E-state index in [1.807, 2.05) is 5.32 Å². The fourth-order valence-electron chi connectivity index (χ4n) is 0.841. The van der Waals surface area contributed by atoms with E-state index in [2.05, 4.69) is 4.74 Å². The van der Waals surface area contributed by atoms with Crippen molar-refractivity contribution in [1.82, 2.24) is 5.32 Å². The number of hydrogen-bond donors (Lipinski definition) is 1. The Morgan fingerprint density at radius 3 is 2.07 bits per heavy atom.